The molecule has 0 saturated carbocycles. The molecule has 1 aromatic rings. The van der Waals surface area contributed by atoms with Crippen molar-refractivity contribution < 1.29 is 9.59 Å². The third kappa shape index (κ3) is 2.08. The van der Waals surface area contributed by atoms with Crippen LogP contribution in [0.3, 0.4) is 0 Å². The van der Waals surface area contributed by atoms with E-state index in [1.165, 1.54) is 4.90 Å². The fraction of sp³-hybridized carbons (Fsp3) is 0.385. The van der Waals surface area contributed by atoms with Gasteiger partial charge in [0.05, 0.1) is 11.1 Å². The van der Waals surface area contributed by atoms with Gasteiger partial charge in [-0.15, -0.1) is 0 Å². The summed E-state index contributed by atoms with van der Waals surface area (Å²) in [5.41, 5.74) is -0.00522. The summed E-state index contributed by atoms with van der Waals surface area (Å²) in [7, 11) is 0. The van der Waals surface area contributed by atoms with Gasteiger partial charge in [-0.3, -0.25) is 4.79 Å². The van der Waals surface area contributed by atoms with Gasteiger partial charge in [0, 0.05) is 11.6 Å². The molecule has 1 fully saturated rings. The fourth-order valence-electron chi connectivity index (χ4n) is 1.89. The zero-order valence-electron chi connectivity index (χ0n) is 10.4. The lowest BCUT2D eigenvalue weighted by atomic mass is 9.84. The van der Waals surface area contributed by atoms with Crippen molar-refractivity contribution in [3.8, 4) is 0 Å². The molecule has 0 spiro atoms. The van der Waals surface area contributed by atoms with E-state index in [0.717, 1.165) is 0 Å². The summed E-state index contributed by atoms with van der Waals surface area (Å²) in [5.74, 6) is -0.170. The van der Waals surface area contributed by atoms with Gasteiger partial charge < -0.3 is 5.32 Å². The van der Waals surface area contributed by atoms with Crippen LogP contribution in [-0.4, -0.2) is 18.5 Å². The van der Waals surface area contributed by atoms with Crippen LogP contribution in [0.25, 0.3) is 0 Å². The number of nitrogens with one attached hydrogen (secondary N) is 1. The largest absolute Gasteiger partial charge is 0.336 e. The zero-order valence-corrected chi connectivity index (χ0v) is 11.1. The van der Waals surface area contributed by atoms with Gasteiger partial charge in [0.2, 0.25) is 5.91 Å². The third-order valence-electron chi connectivity index (χ3n) is 3.42. The molecule has 4 nitrogen and oxygen atoms in total. The Kier molecular flexibility index (Phi) is 3.30. The first-order valence-corrected chi connectivity index (χ1v) is 6.24. The molecule has 1 atom stereocenters. The van der Waals surface area contributed by atoms with Gasteiger partial charge in [-0.05, 0) is 37.6 Å². The predicted octanol–water partition coefficient (Wildman–Crippen LogP) is 2.81. The Hall–Kier alpha value is -1.55. The molecular weight excluding hydrogens is 252 g/mol. The van der Waals surface area contributed by atoms with E-state index in [1.54, 1.807) is 24.3 Å². The van der Waals surface area contributed by atoms with Crippen molar-refractivity contribution in [2.75, 3.05) is 11.4 Å². The van der Waals surface area contributed by atoms with Crippen molar-refractivity contribution in [2.24, 2.45) is 5.41 Å². The Morgan fingerprint density at radius 1 is 1.33 bits per heavy atom. The monoisotopic (exact) mass is 266 g/mol. The Balaban J connectivity index is 2.38. The Bertz CT molecular complexity index is 486. The Morgan fingerprint density at radius 3 is 2.50 bits per heavy atom. The lowest BCUT2D eigenvalue weighted by Gasteiger charge is -2.37. The quantitative estimate of drug-likeness (QED) is 0.895. The van der Waals surface area contributed by atoms with E-state index in [4.69, 9.17) is 11.6 Å². The van der Waals surface area contributed by atoms with E-state index in [0.29, 0.717) is 23.7 Å². The van der Waals surface area contributed by atoms with Gasteiger partial charge in [0.25, 0.3) is 0 Å². The minimum absolute atomic E-state index is 0.170. The average Bonchev–Trinajstić information content (AvgIpc) is 2.37. The topological polar surface area (TPSA) is 49.4 Å². The highest BCUT2D eigenvalue weighted by Crippen LogP contribution is 2.30. The number of carbonyl (C=O) groups excluding carboxylic acids is 2. The zero-order chi connectivity index (χ0) is 13.3. The van der Waals surface area contributed by atoms with Crippen LogP contribution >= 0.6 is 11.6 Å². The van der Waals surface area contributed by atoms with Crippen molar-refractivity contribution in [1.29, 1.82) is 0 Å². The fourth-order valence-corrected chi connectivity index (χ4v) is 2.01. The van der Waals surface area contributed by atoms with E-state index in [2.05, 4.69) is 5.32 Å². The molecule has 1 saturated heterocycles. The number of rotatable bonds is 2. The van der Waals surface area contributed by atoms with E-state index < -0.39 is 5.41 Å². The number of imide groups is 1. The molecule has 18 heavy (non-hydrogen) atoms. The van der Waals surface area contributed by atoms with Crippen LogP contribution in [0.4, 0.5) is 10.5 Å². The van der Waals surface area contributed by atoms with Crippen molar-refractivity contribution in [1.82, 2.24) is 5.32 Å². The molecule has 1 aliphatic heterocycles. The van der Waals surface area contributed by atoms with Gasteiger partial charge in [-0.2, -0.15) is 0 Å². The maximum absolute atomic E-state index is 12.4. The number of anilines is 1. The van der Waals surface area contributed by atoms with Crippen LogP contribution in [0.15, 0.2) is 24.3 Å². The number of amides is 3. The Labute approximate surface area is 111 Å². The molecule has 2 rings (SSSR count). The molecule has 0 bridgehead atoms. The Morgan fingerprint density at radius 2 is 1.94 bits per heavy atom. The molecule has 3 amide bonds. The molecular formula is C13H15ClN2O2. The molecule has 0 aliphatic carbocycles. The number of benzene rings is 1. The second-order valence-corrected chi connectivity index (χ2v) is 5.13. The summed E-state index contributed by atoms with van der Waals surface area (Å²) in [4.78, 5) is 25.4. The van der Waals surface area contributed by atoms with Crippen molar-refractivity contribution >= 4 is 29.2 Å². The highest BCUT2D eigenvalue weighted by Gasteiger charge is 2.43. The molecule has 1 heterocycles. The minimum Gasteiger partial charge on any atom is -0.336 e. The number of hydrogen-bond donors (Lipinski definition) is 1. The summed E-state index contributed by atoms with van der Waals surface area (Å²) < 4.78 is 0. The van der Waals surface area contributed by atoms with Crippen LogP contribution in [0, 0.1) is 5.41 Å². The van der Waals surface area contributed by atoms with Crippen LogP contribution < -0.4 is 10.2 Å². The third-order valence-corrected chi connectivity index (χ3v) is 3.67. The van der Waals surface area contributed by atoms with Crippen LogP contribution in [0.1, 0.15) is 20.3 Å². The summed E-state index contributed by atoms with van der Waals surface area (Å²) in [5, 5.41) is 3.32. The first-order valence-electron chi connectivity index (χ1n) is 5.86. The number of urea groups is 1. The van der Waals surface area contributed by atoms with E-state index in [9.17, 15) is 9.59 Å². The van der Waals surface area contributed by atoms with Crippen molar-refractivity contribution in [3.63, 3.8) is 0 Å². The molecule has 96 valence electrons. The van der Waals surface area contributed by atoms with Crippen LogP contribution in [-0.2, 0) is 4.79 Å². The van der Waals surface area contributed by atoms with E-state index >= 15 is 0 Å². The first-order chi connectivity index (χ1) is 8.48. The first kappa shape index (κ1) is 12.9. The summed E-state index contributed by atoms with van der Waals surface area (Å²) >= 11 is 5.80. The maximum Gasteiger partial charge on any atom is 0.328 e. The minimum atomic E-state index is -0.548. The summed E-state index contributed by atoms with van der Waals surface area (Å²) in [6.07, 6.45) is 0.677. The molecule has 0 aromatic heterocycles. The number of nitrogens with zero attached hydrogens (tertiary/aromatic N) is 1. The molecule has 1 aliphatic rings. The highest BCUT2D eigenvalue weighted by atomic mass is 35.5. The average molecular weight is 267 g/mol. The standard InChI is InChI=1S/C13H15ClN2O2/c1-3-13(2)8-15-12(18)16(11(13)17)10-6-4-9(14)5-7-10/h4-7H,3,8H2,1-2H3,(H,15,18). The van der Waals surface area contributed by atoms with Crippen molar-refractivity contribution in [2.45, 2.75) is 20.3 Å². The number of carbonyl (C=O) groups is 2. The molecule has 1 aromatic carbocycles. The molecule has 1 unspecified atom stereocenters. The number of hydrogen-bond acceptors (Lipinski definition) is 2. The van der Waals surface area contributed by atoms with Gasteiger partial charge in [0.15, 0.2) is 0 Å². The van der Waals surface area contributed by atoms with E-state index in [1.807, 2.05) is 13.8 Å². The number of halogens is 1. The second kappa shape index (κ2) is 4.61. The molecule has 1 N–H and O–H groups in total. The SMILES string of the molecule is CCC1(C)CNC(=O)N(c2ccc(Cl)cc2)C1=O. The maximum atomic E-state index is 12.4. The van der Waals surface area contributed by atoms with Gasteiger partial charge in [-0.1, -0.05) is 18.5 Å². The van der Waals surface area contributed by atoms with Gasteiger partial charge in [-0.25, -0.2) is 9.69 Å². The van der Waals surface area contributed by atoms with Crippen molar-refractivity contribution in [3.05, 3.63) is 29.3 Å². The predicted molar refractivity (Wildman–Crippen MR) is 70.7 cm³/mol. The van der Waals surface area contributed by atoms with Crippen LogP contribution in [0.5, 0.6) is 0 Å². The second-order valence-electron chi connectivity index (χ2n) is 4.69. The van der Waals surface area contributed by atoms with Gasteiger partial charge >= 0.3 is 6.03 Å². The smallest absolute Gasteiger partial charge is 0.328 e. The van der Waals surface area contributed by atoms with E-state index in [-0.39, 0.29) is 11.9 Å². The molecule has 0 radical (unpaired) electrons. The normalized spacial score (nSPS) is 24.1. The van der Waals surface area contributed by atoms with Gasteiger partial charge in [0.1, 0.15) is 0 Å². The lowest BCUT2D eigenvalue weighted by molar-refractivity contribution is -0.127. The summed E-state index contributed by atoms with van der Waals surface area (Å²) in [6, 6.07) is 6.28. The summed E-state index contributed by atoms with van der Waals surface area (Å²) in [6.45, 7) is 4.18. The molecule has 5 heteroatoms. The van der Waals surface area contributed by atoms with Crippen LogP contribution in [0.2, 0.25) is 5.02 Å². The highest BCUT2D eigenvalue weighted by molar-refractivity contribution is 6.30. The lowest BCUT2D eigenvalue weighted by Crippen LogP contribution is -2.59.